The molecule has 3 N–H and O–H groups in total. The topological polar surface area (TPSA) is 180 Å². The summed E-state index contributed by atoms with van der Waals surface area (Å²) in [6.45, 7) is 0. The van der Waals surface area contributed by atoms with E-state index in [0.717, 1.165) is 19.3 Å². The lowest BCUT2D eigenvalue weighted by Crippen LogP contribution is -2.20. The van der Waals surface area contributed by atoms with Crippen LogP contribution in [0.5, 0.6) is 0 Å². The highest BCUT2D eigenvalue weighted by atomic mass is 16.6. The highest BCUT2D eigenvalue weighted by Gasteiger charge is 2.25. The number of hydrogen-bond acceptors (Lipinski definition) is 10. The molecule has 1 aromatic carbocycles. The summed E-state index contributed by atoms with van der Waals surface area (Å²) in [7, 11) is 0. The minimum Gasteiger partial charge on any atom is -0.378 e. The van der Waals surface area contributed by atoms with Gasteiger partial charge in [0.1, 0.15) is 5.69 Å². The summed E-state index contributed by atoms with van der Waals surface area (Å²) in [5.41, 5.74) is 8.65. The van der Waals surface area contributed by atoms with Crippen molar-refractivity contribution in [2.45, 2.75) is 19.3 Å². The molecule has 3 aromatic rings. The Labute approximate surface area is 174 Å². The van der Waals surface area contributed by atoms with Crippen molar-refractivity contribution in [1.82, 2.24) is 30.7 Å². The first kappa shape index (κ1) is 19.9. The maximum Gasteiger partial charge on any atom is 0.294 e. The first-order valence-corrected chi connectivity index (χ1v) is 9.32. The lowest BCUT2D eigenvalue weighted by atomic mass is 9.96. The number of carbonyl (C=O) groups excluding carboxylic acids is 1. The van der Waals surface area contributed by atoms with Gasteiger partial charge in [0.25, 0.3) is 11.6 Å². The van der Waals surface area contributed by atoms with Gasteiger partial charge in [-0.3, -0.25) is 14.9 Å². The van der Waals surface area contributed by atoms with Gasteiger partial charge in [-0.1, -0.05) is 17.4 Å². The number of nitrogen functional groups attached to an aromatic ring is 1. The van der Waals surface area contributed by atoms with Crippen molar-refractivity contribution in [3.8, 4) is 17.1 Å². The van der Waals surface area contributed by atoms with Crippen LogP contribution >= 0.6 is 0 Å². The van der Waals surface area contributed by atoms with Gasteiger partial charge in [0.15, 0.2) is 5.69 Å². The van der Waals surface area contributed by atoms with Gasteiger partial charge in [0.05, 0.1) is 4.92 Å². The minimum atomic E-state index is -0.614. The van der Waals surface area contributed by atoms with E-state index in [0.29, 0.717) is 5.56 Å². The number of carbonyl (C=O) groups is 1. The maximum absolute atomic E-state index is 12.8. The molecule has 158 valence electrons. The molecule has 13 heteroatoms. The van der Waals surface area contributed by atoms with Gasteiger partial charge in [-0.15, -0.1) is 5.10 Å². The van der Waals surface area contributed by atoms with E-state index in [1.54, 1.807) is 6.21 Å². The van der Waals surface area contributed by atoms with Crippen LogP contribution in [0.1, 0.15) is 29.8 Å². The fraction of sp³-hybridized carbons (Fsp3) is 0.222. The lowest BCUT2D eigenvalue weighted by molar-refractivity contribution is -0.384. The third-order valence-corrected chi connectivity index (χ3v) is 4.69. The second-order valence-electron chi connectivity index (χ2n) is 6.74. The Bertz CT molecular complexity index is 1160. The predicted molar refractivity (Wildman–Crippen MR) is 108 cm³/mol. The quantitative estimate of drug-likeness (QED) is 0.259. The molecular formula is C18H17N9O4. The number of allylic oxidation sites excluding steroid dienone is 2. The van der Waals surface area contributed by atoms with Crippen molar-refractivity contribution in [2.24, 2.45) is 11.0 Å². The molecule has 31 heavy (non-hydrogen) atoms. The Hall–Kier alpha value is -4.42. The predicted octanol–water partition coefficient (Wildman–Crippen LogP) is 1.88. The molecular weight excluding hydrogens is 406 g/mol. The highest BCUT2D eigenvalue weighted by Crippen LogP contribution is 2.28. The van der Waals surface area contributed by atoms with E-state index in [9.17, 15) is 14.9 Å². The number of aromatic nitrogens is 5. The van der Waals surface area contributed by atoms with Crippen molar-refractivity contribution in [3.05, 3.63) is 52.2 Å². The number of nitrogens with zero attached hydrogens (tertiary/aromatic N) is 7. The lowest BCUT2D eigenvalue weighted by Gasteiger charge is -2.11. The van der Waals surface area contributed by atoms with Crippen molar-refractivity contribution >= 4 is 23.6 Å². The molecule has 2 heterocycles. The van der Waals surface area contributed by atoms with Gasteiger partial charge in [0, 0.05) is 23.9 Å². The molecule has 0 fully saturated rings. The zero-order valence-electron chi connectivity index (χ0n) is 16.1. The van der Waals surface area contributed by atoms with E-state index in [1.807, 2.05) is 0 Å². The molecule has 0 saturated heterocycles. The van der Waals surface area contributed by atoms with E-state index in [2.05, 4.69) is 47.9 Å². The second kappa shape index (κ2) is 8.52. The SMILES string of the molecule is Nc1nonc1-n1nnc(C(=O)N/N=C\[C@@H]2CC=CCC2)c1-c1ccc([N+](=O)[O-])cc1. The number of nitro groups is 1. The number of anilines is 1. The molecule has 0 aliphatic heterocycles. The first-order chi connectivity index (χ1) is 15.0. The molecule has 1 aliphatic carbocycles. The van der Waals surface area contributed by atoms with E-state index in [4.69, 9.17) is 5.73 Å². The van der Waals surface area contributed by atoms with Crippen LogP contribution in [0.2, 0.25) is 0 Å². The van der Waals surface area contributed by atoms with Crippen molar-refractivity contribution in [3.63, 3.8) is 0 Å². The average Bonchev–Trinajstić information content (AvgIpc) is 3.40. The maximum atomic E-state index is 12.8. The monoisotopic (exact) mass is 423 g/mol. The van der Waals surface area contributed by atoms with Crippen LogP contribution in [-0.4, -0.2) is 42.4 Å². The van der Waals surface area contributed by atoms with Crippen molar-refractivity contribution in [1.29, 1.82) is 0 Å². The van der Waals surface area contributed by atoms with Crippen molar-refractivity contribution in [2.75, 3.05) is 5.73 Å². The molecule has 0 saturated carbocycles. The molecule has 0 spiro atoms. The summed E-state index contributed by atoms with van der Waals surface area (Å²) in [4.78, 5) is 23.2. The molecule has 0 bridgehead atoms. The minimum absolute atomic E-state index is 0.0254. The number of nitrogens with one attached hydrogen (secondary N) is 1. The Kier molecular flexibility index (Phi) is 5.47. The zero-order valence-corrected chi connectivity index (χ0v) is 16.1. The Morgan fingerprint density at radius 1 is 1.32 bits per heavy atom. The average molecular weight is 423 g/mol. The van der Waals surface area contributed by atoms with E-state index in [1.165, 1.54) is 28.9 Å². The molecule has 4 rings (SSSR count). The summed E-state index contributed by atoms with van der Waals surface area (Å²) < 4.78 is 5.79. The number of rotatable bonds is 6. The van der Waals surface area contributed by atoms with E-state index >= 15 is 0 Å². The Balaban J connectivity index is 1.67. The van der Waals surface area contributed by atoms with Gasteiger partial charge < -0.3 is 5.73 Å². The number of non-ortho nitro benzene ring substituents is 1. The van der Waals surface area contributed by atoms with Gasteiger partial charge >= 0.3 is 0 Å². The van der Waals surface area contributed by atoms with Crippen LogP contribution in [0.3, 0.4) is 0 Å². The summed E-state index contributed by atoms with van der Waals surface area (Å²) in [6.07, 6.45) is 8.67. The fourth-order valence-corrected chi connectivity index (χ4v) is 3.13. The van der Waals surface area contributed by atoms with Crippen LogP contribution in [0.15, 0.2) is 46.1 Å². The largest absolute Gasteiger partial charge is 0.378 e. The summed E-state index contributed by atoms with van der Waals surface area (Å²) in [6, 6.07) is 5.53. The number of nitro benzene ring substituents is 1. The molecule has 1 atom stereocenters. The third kappa shape index (κ3) is 4.14. The van der Waals surface area contributed by atoms with Crippen LogP contribution in [0.25, 0.3) is 17.1 Å². The second-order valence-corrected chi connectivity index (χ2v) is 6.74. The molecule has 2 aromatic heterocycles. The van der Waals surface area contributed by atoms with Crippen LogP contribution in [0, 0.1) is 16.0 Å². The normalized spacial score (nSPS) is 15.9. The van der Waals surface area contributed by atoms with Gasteiger partial charge in [0.2, 0.25) is 11.6 Å². The zero-order chi connectivity index (χ0) is 21.8. The van der Waals surface area contributed by atoms with E-state index in [-0.39, 0.29) is 34.6 Å². The van der Waals surface area contributed by atoms with Gasteiger partial charge in [-0.2, -0.15) is 9.78 Å². The third-order valence-electron chi connectivity index (χ3n) is 4.69. The number of benzene rings is 1. The molecule has 13 nitrogen and oxygen atoms in total. The smallest absolute Gasteiger partial charge is 0.294 e. The summed E-state index contributed by atoms with van der Waals surface area (Å²) >= 11 is 0. The van der Waals surface area contributed by atoms with Crippen LogP contribution in [0.4, 0.5) is 11.5 Å². The highest BCUT2D eigenvalue weighted by molar-refractivity contribution is 5.98. The fourth-order valence-electron chi connectivity index (χ4n) is 3.13. The summed E-state index contributed by atoms with van der Waals surface area (Å²) in [5, 5.41) is 30.1. The molecule has 0 unspecified atom stereocenters. The van der Waals surface area contributed by atoms with Gasteiger partial charge in [-0.25, -0.2) is 10.1 Å². The number of hydrazone groups is 1. The number of nitrogens with two attached hydrogens (primary N) is 1. The molecule has 0 radical (unpaired) electrons. The van der Waals surface area contributed by atoms with E-state index < -0.39 is 10.8 Å². The summed E-state index contributed by atoms with van der Waals surface area (Å²) in [5.74, 6) is -0.408. The van der Waals surface area contributed by atoms with Crippen molar-refractivity contribution < 1.29 is 14.3 Å². The molecule has 1 amide bonds. The Morgan fingerprint density at radius 2 is 2.13 bits per heavy atom. The number of amides is 1. The molecule has 1 aliphatic rings. The van der Waals surface area contributed by atoms with Gasteiger partial charge in [-0.05, 0) is 47.6 Å². The number of hydrogen-bond donors (Lipinski definition) is 2. The first-order valence-electron chi connectivity index (χ1n) is 9.32. The Morgan fingerprint density at radius 3 is 2.77 bits per heavy atom. The standard InChI is InChI=1S/C18H17N9O4/c19-16-17(24-31-23-16)26-15(12-6-8-13(9-7-12)27(29)30)14(21-25-26)18(28)22-20-10-11-4-2-1-3-5-11/h1-2,6-11H,3-5H2,(H2,19,23)(H,22,28)/b20-10-/t11-/m1/s1. The van der Waals surface area contributed by atoms with Crippen LogP contribution < -0.4 is 11.2 Å². The van der Waals surface area contributed by atoms with Crippen LogP contribution in [-0.2, 0) is 0 Å².